The zero-order valence-corrected chi connectivity index (χ0v) is 12.3. The summed E-state index contributed by atoms with van der Waals surface area (Å²) in [6, 6.07) is 9.03. The molecule has 0 heterocycles. The minimum Gasteiger partial charge on any atom is -0.480 e. The first-order chi connectivity index (χ1) is 9.53. The van der Waals surface area contributed by atoms with Gasteiger partial charge in [-0.3, -0.25) is 5.32 Å². The minimum absolute atomic E-state index is 0.0459. The Balaban J connectivity index is 2.68. The van der Waals surface area contributed by atoms with Gasteiger partial charge in [-0.15, -0.1) is 0 Å². The summed E-state index contributed by atoms with van der Waals surface area (Å²) in [5.74, 6) is -0.962. The number of ether oxygens (including phenoxy) is 2. The smallest absolute Gasteiger partial charge is 0.330 e. The maximum absolute atomic E-state index is 11.7. The third kappa shape index (κ3) is 4.30. The zero-order valence-electron chi connectivity index (χ0n) is 12.3. The SMILES string of the molecule is CNC(COCCOC(C)C)(C(=O)O)c1ccccc1. The fourth-order valence-electron chi connectivity index (χ4n) is 1.88. The monoisotopic (exact) mass is 281 g/mol. The second-order valence-corrected chi connectivity index (χ2v) is 4.80. The molecule has 0 saturated carbocycles. The number of hydrogen-bond acceptors (Lipinski definition) is 4. The number of rotatable bonds is 9. The average Bonchev–Trinajstić information content (AvgIpc) is 2.43. The Morgan fingerprint density at radius 1 is 1.30 bits per heavy atom. The molecule has 5 heteroatoms. The van der Waals surface area contributed by atoms with Gasteiger partial charge >= 0.3 is 5.97 Å². The Morgan fingerprint density at radius 3 is 2.45 bits per heavy atom. The van der Waals surface area contributed by atoms with E-state index in [1.54, 1.807) is 19.2 Å². The van der Waals surface area contributed by atoms with E-state index >= 15 is 0 Å². The van der Waals surface area contributed by atoms with E-state index in [4.69, 9.17) is 9.47 Å². The van der Waals surface area contributed by atoms with Crippen LogP contribution in [0.15, 0.2) is 30.3 Å². The molecule has 0 amide bonds. The van der Waals surface area contributed by atoms with Crippen LogP contribution in [-0.2, 0) is 19.8 Å². The summed E-state index contributed by atoms with van der Waals surface area (Å²) in [5, 5.41) is 12.4. The molecular formula is C15H23NO4. The first-order valence-corrected chi connectivity index (χ1v) is 6.70. The fourth-order valence-corrected chi connectivity index (χ4v) is 1.88. The molecule has 0 aliphatic rings. The Hall–Kier alpha value is -1.43. The molecule has 0 spiro atoms. The lowest BCUT2D eigenvalue weighted by atomic mass is 9.91. The van der Waals surface area contributed by atoms with Crippen molar-refractivity contribution in [1.82, 2.24) is 5.32 Å². The normalized spacial score (nSPS) is 14.2. The van der Waals surface area contributed by atoms with Crippen molar-refractivity contribution >= 4 is 5.97 Å². The molecule has 0 bridgehead atoms. The number of carboxylic acid groups (broad SMARTS) is 1. The van der Waals surface area contributed by atoms with Gasteiger partial charge in [0.25, 0.3) is 0 Å². The number of benzene rings is 1. The summed E-state index contributed by atoms with van der Waals surface area (Å²) < 4.78 is 10.9. The van der Waals surface area contributed by atoms with Crippen LogP contribution in [0.5, 0.6) is 0 Å². The van der Waals surface area contributed by atoms with Gasteiger partial charge in [0.05, 0.1) is 25.9 Å². The van der Waals surface area contributed by atoms with Crippen molar-refractivity contribution in [3.05, 3.63) is 35.9 Å². The van der Waals surface area contributed by atoms with Crippen LogP contribution in [0.2, 0.25) is 0 Å². The van der Waals surface area contributed by atoms with E-state index in [0.29, 0.717) is 18.8 Å². The lowest BCUT2D eigenvalue weighted by molar-refractivity contribution is -0.148. The van der Waals surface area contributed by atoms with Crippen LogP contribution in [0, 0.1) is 0 Å². The lowest BCUT2D eigenvalue weighted by Crippen LogP contribution is -2.51. The lowest BCUT2D eigenvalue weighted by Gasteiger charge is -2.29. The van der Waals surface area contributed by atoms with Crippen LogP contribution < -0.4 is 5.32 Å². The number of likely N-dealkylation sites (N-methyl/N-ethyl adjacent to an activating group) is 1. The van der Waals surface area contributed by atoms with Crippen molar-refractivity contribution in [1.29, 1.82) is 0 Å². The predicted octanol–water partition coefficient (Wildman–Crippen LogP) is 1.63. The van der Waals surface area contributed by atoms with Crippen molar-refractivity contribution in [2.24, 2.45) is 0 Å². The number of aliphatic carboxylic acids is 1. The first kappa shape index (κ1) is 16.6. The van der Waals surface area contributed by atoms with Crippen LogP contribution in [0.4, 0.5) is 0 Å². The Bertz CT molecular complexity index is 408. The highest BCUT2D eigenvalue weighted by Crippen LogP contribution is 2.21. The molecule has 1 unspecified atom stereocenters. The number of carboxylic acids is 1. The van der Waals surface area contributed by atoms with E-state index in [1.165, 1.54) is 0 Å². The van der Waals surface area contributed by atoms with Gasteiger partial charge in [0.1, 0.15) is 0 Å². The van der Waals surface area contributed by atoms with E-state index in [-0.39, 0.29) is 12.7 Å². The maximum atomic E-state index is 11.7. The quantitative estimate of drug-likeness (QED) is 0.673. The van der Waals surface area contributed by atoms with Crippen LogP contribution in [0.25, 0.3) is 0 Å². The van der Waals surface area contributed by atoms with E-state index < -0.39 is 11.5 Å². The van der Waals surface area contributed by atoms with Crippen LogP contribution in [-0.4, -0.2) is 44.0 Å². The summed E-state index contributed by atoms with van der Waals surface area (Å²) in [6.07, 6.45) is 0.140. The van der Waals surface area contributed by atoms with Gasteiger partial charge in [0.2, 0.25) is 0 Å². The van der Waals surface area contributed by atoms with Gasteiger partial charge in [0, 0.05) is 0 Å². The third-order valence-corrected chi connectivity index (χ3v) is 3.06. The Labute approximate surface area is 119 Å². The van der Waals surface area contributed by atoms with Crippen molar-refractivity contribution in [3.63, 3.8) is 0 Å². The zero-order chi connectivity index (χ0) is 15.0. The summed E-state index contributed by atoms with van der Waals surface area (Å²) in [4.78, 5) is 11.7. The van der Waals surface area contributed by atoms with Gasteiger partial charge in [-0.1, -0.05) is 30.3 Å². The van der Waals surface area contributed by atoms with Crippen molar-refractivity contribution in [2.75, 3.05) is 26.9 Å². The molecule has 2 N–H and O–H groups in total. The van der Waals surface area contributed by atoms with Crippen LogP contribution in [0.3, 0.4) is 0 Å². The topological polar surface area (TPSA) is 67.8 Å². The van der Waals surface area contributed by atoms with Crippen molar-refractivity contribution < 1.29 is 19.4 Å². The summed E-state index contributed by atoms with van der Waals surface area (Å²) in [5.41, 5.74) is -0.571. The summed E-state index contributed by atoms with van der Waals surface area (Å²) in [6.45, 7) is 4.75. The fraction of sp³-hybridized carbons (Fsp3) is 0.533. The molecule has 112 valence electrons. The third-order valence-electron chi connectivity index (χ3n) is 3.06. The number of hydrogen-bond donors (Lipinski definition) is 2. The number of carbonyl (C=O) groups is 1. The average molecular weight is 281 g/mol. The second kappa shape index (κ2) is 7.99. The molecule has 0 saturated heterocycles. The molecule has 0 radical (unpaired) electrons. The molecule has 0 aromatic heterocycles. The molecule has 20 heavy (non-hydrogen) atoms. The molecular weight excluding hydrogens is 258 g/mol. The molecule has 1 aromatic carbocycles. The van der Waals surface area contributed by atoms with Crippen molar-refractivity contribution in [2.45, 2.75) is 25.5 Å². The van der Waals surface area contributed by atoms with E-state index in [2.05, 4.69) is 5.32 Å². The number of nitrogens with one attached hydrogen (secondary N) is 1. The van der Waals surface area contributed by atoms with Crippen molar-refractivity contribution in [3.8, 4) is 0 Å². The second-order valence-electron chi connectivity index (χ2n) is 4.80. The molecule has 1 atom stereocenters. The summed E-state index contributed by atoms with van der Waals surface area (Å²) in [7, 11) is 1.62. The minimum atomic E-state index is -1.24. The standard InChI is InChI=1S/C15H23NO4/c1-12(2)20-10-9-19-11-15(16-3,14(17)18)13-7-5-4-6-8-13/h4-8,12,16H,9-11H2,1-3H3,(H,17,18). The van der Waals surface area contributed by atoms with Gasteiger partial charge in [0.15, 0.2) is 5.54 Å². The molecule has 0 aliphatic carbocycles. The Morgan fingerprint density at radius 2 is 1.95 bits per heavy atom. The predicted molar refractivity (Wildman–Crippen MR) is 76.7 cm³/mol. The summed E-state index contributed by atoms with van der Waals surface area (Å²) >= 11 is 0. The molecule has 1 rings (SSSR count). The van der Waals surface area contributed by atoms with Gasteiger partial charge in [-0.2, -0.15) is 0 Å². The highest BCUT2D eigenvalue weighted by atomic mass is 16.5. The molecule has 1 aromatic rings. The van der Waals surface area contributed by atoms with Gasteiger partial charge in [-0.05, 0) is 26.5 Å². The van der Waals surface area contributed by atoms with E-state index in [9.17, 15) is 9.90 Å². The van der Waals surface area contributed by atoms with Gasteiger partial charge < -0.3 is 14.6 Å². The highest BCUT2D eigenvalue weighted by Gasteiger charge is 2.39. The maximum Gasteiger partial charge on any atom is 0.330 e. The molecule has 0 aliphatic heterocycles. The largest absolute Gasteiger partial charge is 0.480 e. The molecule has 5 nitrogen and oxygen atoms in total. The van der Waals surface area contributed by atoms with Crippen LogP contribution >= 0.6 is 0 Å². The highest BCUT2D eigenvalue weighted by molar-refractivity contribution is 5.81. The molecule has 0 fully saturated rings. The van der Waals surface area contributed by atoms with Crippen LogP contribution in [0.1, 0.15) is 19.4 Å². The van der Waals surface area contributed by atoms with E-state index in [0.717, 1.165) is 0 Å². The first-order valence-electron chi connectivity index (χ1n) is 6.70. The Kier molecular flexibility index (Phi) is 6.64. The van der Waals surface area contributed by atoms with E-state index in [1.807, 2.05) is 32.0 Å². The van der Waals surface area contributed by atoms with Gasteiger partial charge in [-0.25, -0.2) is 4.79 Å².